The third kappa shape index (κ3) is 3.67. The van der Waals surface area contributed by atoms with Crippen LogP contribution in [-0.4, -0.2) is 6.61 Å². The highest BCUT2D eigenvalue weighted by atomic mass is 35.5. The van der Waals surface area contributed by atoms with Gasteiger partial charge in [-0.3, -0.25) is 0 Å². The summed E-state index contributed by atoms with van der Waals surface area (Å²) in [5.74, 6) is 0.884. The summed E-state index contributed by atoms with van der Waals surface area (Å²) in [6.45, 7) is 7.52. The largest absolute Gasteiger partial charge is 0.494 e. The zero-order valence-corrected chi connectivity index (χ0v) is 12.9. The van der Waals surface area contributed by atoms with Crippen LogP contribution in [0, 0.1) is 13.8 Å². The highest BCUT2D eigenvalue weighted by Gasteiger charge is 2.05. The van der Waals surface area contributed by atoms with Crippen molar-refractivity contribution in [2.24, 2.45) is 0 Å². The molecule has 0 unspecified atom stereocenters. The molecule has 0 amide bonds. The van der Waals surface area contributed by atoms with Crippen LogP contribution in [0.3, 0.4) is 0 Å². The smallest absolute Gasteiger partial charge is 0.124 e. The van der Waals surface area contributed by atoms with Crippen molar-refractivity contribution in [2.45, 2.75) is 27.3 Å². The maximum Gasteiger partial charge on any atom is 0.124 e. The van der Waals surface area contributed by atoms with Gasteiger partial charge in [-0.15, -0.1) is 0 Å². The molecule has 2 aromatic carbocycles. The molecule has 2 rings (SSSR count). The van der Waals surface area contributed by atoms with Gasteiger partial charge in [-0.25, -0.2) is 0 Å². The molecule has 20 heavy (non-hydrogen) atoms. The Labute approximate surface area is 125 Å². The second-order valence-corrected chi connectivity index (χ2v) is 5.29. The number of anilines is 1. The zero-order chi connectivity index (χ0) is 14.5. The summed E-state index contributed by atoms with van der Waals surface area (Å²) >= 11 is 6.07. The molecule has 0 aromatic heterocycles. The second-order valence-electron chi connectivity index (χ2n) is 4.86. The van der Waals surface area contributed by atoms with Gasteiger partial charge in [0.25, 0.3) is 0 Å². The molecule has 0 aliphatic rings. The van der Waals surface area contributed by atoms with Crippen molar-refractivity contribution in [3.63, 3.8) is 0 Å². The first-order valence-corrected chi connectivity index (χ1v) is 7.20. The Morgan fingerprint density at radius 3 is 2.65 bits per heavy atom. The summed E-state index contributed by atoms with van der Waals surface area (Å²) < 4.78 is 5.64. The lowest BCUT2D eigenvalue weighted by atomic mass is 10.1. The Hall–Kier alpha value is -1.67. The first kappa shape index (κ1) is 14.7. The lowest BCUT2D eigenvalue weighted by Gasteiger charge is -2.14. The zero-order valence-electron chi connectivity index (χ0n) is 12.2. The van der Waals surface area contributed by atoms with Gasteiger partial charge < -0.3 is 10.1 Å². The minimum atomic E-state index is 0.651. The van der Waals surface area contributed by atoms with Gasteiger partial charge in [0.05, 0.1) is 6.61 Å². The monoisotopic (exact) mass is 289 g/mol. The molecule has 1 N–H and O–H groups in total. The molecule has 0 aliphatic carbocycles. The van der Waals surface area contributed by atoms with Crippen molar-refractivity contribution < 1.29 is 4.74 Å². The number of hydrogen-bond donors (Lipinski definition) is 1. The molecule has 106 valence electrons. The number of aryl methyl sites for hydroxylation is 2. The van der Waals surface area contributed by atoms with Gasteiger partial charge in [-0.2, -0.15) is 0 Å². The topological polar surface area (TPSA) is 21.3 Å². The number of ether oxygens (including phenoxy) is 1. The Bertz CT molecular complexity index is 596. The van der Waals surface area contributed by atoms with E-state index in [4.69, 9.17) is 16.3 Å². The van der Waals surface area contributed by atoms with Gasteiger partial charge in [-0.1, -0.05) is 23.7 Å². The van der Waals surface area contributed by atoms with Crippen LogP contribution in [0.2, 0.25) is 5.02 Å². The predicted octanol–water partition coefficient (Wildman–Crippen LogP) is 4.97. The molecule has 0 aliphatic heterocycles. The average molecular weight is 290 g/mol. The number of benzene rings is 2. The molecule has 0 heterocycles. The van der Waals surface area contributed by atoms with Crippen LogP contribution >= 0.6 is 11.6 Å². The Balaban J connectivity index is 2.17. The van der Waals surface area contributed by atoms with Crippen LogP contribution in [0.1, 0.15) is 23.6 Å². The van der Waals surface area contributed by atoms with Crippen molar-refractivity contribution in [3.8, 4) is 5.75 Å². The fourth-order valence-corrected chi connectivity index (χ4v) is 2.29. The molecule has 2 aromatic rings. The number of nitrogens with one attached hydrogen (secondary N) is 1. The molecule has 0 saturated carbocycles. The van der Waals surface area contributed by atoms with Crippen LogP contribution in [0.15, 0.2) is 36.4 Å². The van der Waals surface area contributed by atoms with E-state index < -0.39 is 0 Å². The summed E-state index contributed by atoms with van der Waals surface area (Å²) in [6, 6.07) is 12.1. The van der Waals surface area contributed by atoms with E-state index in [9.17, 15) is 0 Å². The second kappa shape index (κ2) is 6.67. The first-order chi connectivity index (χ1) is 9.60. The summed E-state index contributed by atoms with van der Waals surface area (Å²) in [6.07, 6.45) is 0. The van der Waals surface area contributed by atoms with Gasteiger partial charge in [0.1, 0.15) is 5.75 Å². The van der Waals surface area contributed by atoms with Crippen LogP contribution in [-0.2, 0) is 6.54 Å². The fraction of sp³-hybridized carbons (Fsp3) is 0.294. The maximum atomic E-state index is 6.07. The summed E-state index contributed by atoms with van der Waals surface area (Å²) in [4.78, 5) is 0. The van der Waals surface area contributed by atoms with E-state index in [-0.39, 0.29) is 0 Å². The van der Waals surface area contributed by atoms with Crippen molar-refractivity contribution >= 4 is 17.3 Å². The van der Waals surface area contributed by atoms with Crippen LogP contribution in [0.4, 0.5) is 5.69 Å². The van der Waals surface area contributed by atoms with Crippen molar-refractivity contribution in [3.05, 3.63) is 58.1 Å². The van der Waals surface area contributed by atoms with Crippen LogP contribution in [0.25, 0.3) is 0 Å². The summed E-state index contributed by atoms with van der Waals surface area (Å²) in [5.41, 5.74) is 4.69. The lowest BCUT2D eigenvalue weighted by Crippen LogP contribution is -2.04. The fourth-order valence-electron chi connectivity index (χ4n) is 2.10. The van der Waals surface area contributed by atoms with E-state index in [0.717, 1.165) is 22.0 Å². The van der Waals surface area contributed by atoms with Gasteiger partial charge in [0.15, 0.2) is 0 Å². The molecule has 2 nitrogen and oxygen atoms in total. The Kier molecular flexibility index (Phi) is 4.91. The van der Waals surface area contributed by atoms with Gasteiger partial charge in [0, 0.05) is 22.8 Å². The Morgan fingerprint density at radius 2 is 1.90 bits per heavy atom. The quantitative estimate of drug-likeness (QED) is 0.839. The van der Waals surface area contributed by atoms with Gasteiger partial charge >= 0.3 is 0 Å². The summed E-state index contributed by atoms with van der Waals surface area (Å²) in [5, 5.41) is 4.19. The van der Waals surface area contributed by atoms with Gasteiger partial charge in [0.2, 0.25) is 0 Å². The van der Waals surface area contributed by atoms with Crippen molar-refractivity contribution in [1.82, 2.24) is 0 Å². The van der Waals surface area contributed by atoms with Crippen LogP contribution in [0.5, 0.6) is 5.75 Å². The number of rotatable bonds is 5. The third-order valence-corrected chi connectivity index (χ3v) is 3.42. The Morgan fingerprint density at radius 1 is 1.10 bits per heavy atom. The molecule has 0 fully saturated rings. The summed E-state index contributed by atoms with van der Waals surface area (Å²) in [7, 11) is 0. The minimum Gasteiger partial charge on any atom is -0.494 e. The molecular formula is C17H20ClNO. The first-order valence-electron chi connectivity index (χ1n) is 6.82. The lowest BCUT2D eigenvalue weighted by molar-refractivity contribution is 0.337. The molecule has 0 bridgehead atoms. The van der Waals surface area contributed by atoms with E-state index in [1.165, 1.54) is 11.1 Å². The molecule has 0 radical (unpaired) electrons. The van der Waals surface area contributed by atoms with E-state index in [1.807, 2.05) is 25.1 Å². The van der Waals surface area contributed by atoms with E-state index in [0.29, 0.717) is 13.2 Å². The number of halogens is 1. The average Bonchev–Trinajstić information content (AvgIpc) is 2.42. The van der Waals surface area contributed by atoms with Gasteiger partial charge in [-0.05, 0) is 56.2 Å². The third-order valence-electron chi connectivity index (χ3n) is 3.18. The molecule has 0 atom stereocenters. The maximum absolute atomic E-state index is 6.07. The minimum absolute atomic E-state index is 0.651. The SMILES string of the molecule is CCOc1ccc(Cl)cc1CNc1cc(C)ccc1C. The normalized spacial score (nSPS) is 10.4. The van der Waals surface area contributed by atoms with E-state index in [2.05, 4.69) is 37.4 Å². The van der Waals surface area contributed by atoms with E-state index in [1.54, 1.807) is 0 Å². The van der Waals surface area contributed by atoms with Crippen molar-refractivity contribution in [2.75, 3.05) is 11.9 Å². The molecular weight excluding hydrogens is 270 g/mol. The molecule has 0 spiro atoms. The highest BCUT2D eigenvalue weighted by Crippen LogP contribution is 2.25. The van der Waals surface area contributed by atoms with E-state index >= 15 is 0 Å². The highest BCUT2D eigenvalue weighted by molar-refractivity contribution is 6.30. The molecule has 3 heteroatoms. The predicted molar refractivity (Wildman–Crippen MR) is 85.9 cm³/mol. The number of hydrogen-bond acceptors (Lipinski definition) is 2. The van der Waals surface area contributed by atoms with Crippen molar-refractivity contribution in [1.29, 1.82) is 0 Å². The molecule has 0 saturated heterocycles. The standard InChI is InChI=1S/C17H20ClNO/c1-4-20-17-8-7-15(18)10-14(17)11-19-16-9-12(2)5-6-13(16)3/h5-10,19H,4,11H2,1-3H3. The van der Waals surface area contributed by atoms with Crippen LogP contribution < -0.4 is 10.1 Å².